The summed E-state index contributed by atoms with van der Waals surface area (Å²) in [5.74, 6) is 1.48. The first kappa shape index (κ1) is 15.6. The van der Waals surface area contributed by atoms with Gasteiger partial charge in [0, 0.05) is 47.0 Å². The Balaban J connectivity index is 1.98. The monoisotopic (exact) mass is 335 g/mol. The molecular weight excluding hydrogens is 314 g/mol. The molecule has 5 heteroatoms. The lowest BCUT2D eigenvalue weighted by molar-refractivity contribution is 0.355. The van der Waals surface area contributed by atoms with E-state index in [0.29, 0.717) is 0 Å². The molecule has 0 aliphatic carbocycles. The molecule has 0 saturated carbocycles. The van der Waals surface area contributed by atoms with Crippen molar-refractivity contribution in [1.82, 2.24) is 14.5 Å². The summed E-state index contributed by atoms with van der Waals surface area (Å²) in [6.07, 6.45) is 5.06. The van der Waals surface area contributed by atoms with Gasteiger partial charge < -0.3 is 19.0 Å². The van der Waals surface area contributed by atoms with E-state index >= 15 is 0 Å². The number of methoxy groups -OCH3 is 2. The summed E-state index contributed by atoms with van der Waals surface area (Å²) < 4.78 is 13.3. The van der Waals surface area contributed by atoms with Crippen molar-refractivity contribution in [3.63, 3.8) is 0 Å². The smallest absolute Gasteiger partial charge is 0.162 e. The van der Waals surface area contributed by atoms with Gasteiger partial charge in [-0.2, -0.15) is 0 Å². The molecule has 0 bridgehead atoms. The van der Waals surface area contributed by atoms with Crippen molar-refractivity contribution < 1.29 is 9.47 Å². The second kappa shape index (κ2) is 6.16. The minimum absolute atomic E-state index is 0.736. The molecule has 0 aliphatic rings. The molecule has 0 atom stereocenters. The Kier molecular flexibility index (Phi) is 3.84. The van der Waals surface area contributed by atoms with Crippen LogP contribution in [0.1, 0.15) is 13.3 Å². The minimum atomic E-state index is 0.736. The number of ether oxygens (including phenoxy) is 2. The molecule has 25 heavy (non-hydrogen) atoms. The average molecular weight is 335 g/mol. The van der Waals surface area contributed by atoms with Crippen LogP contribution < -0.4 is 9.47 Å². The van der Waals surface area contributed by atoms with E-state index in [0.717, 1.165) is 57.7 Å². The molecule has 0 radical (unpaired) electrons. The number of fused-ring (bicyclic) bond motifs is 2. The molecule has 0 saturated heterocycles. The van der Waals surface area contributed by atoms with E-state index in [4.69, 9.17) is 9.47 Å². The lowest BCUT2D eigenvalue weighted by atomic mass is 10.1. The number of aryl methyl sites for hydroxylation is 1. The minimum Gasteiger partial charge on any atom is -0.493 e. The molecule has 0 unspecified atom stereocenters. The summed E-state index contributed by atoms with van der Waals surface area (Å²) in [6.45, 7) is 3.13. The van der Waals surface area contributed by atoms with E-state index in [1.54, 1.807) is 20.4 Å². The van der Waals surface area contributed by atoms with Gasteiger partial charge >= 0.3 is 0 Å². The molecule has 128 valence electrons. The summed E-state index contributed by atoms with van der Waals surface area (Å²) >= 11 is 0. The topological polar surface area (TPSA) is 52.1 Å². The highest BCUT2D eigenvalue weighted by Gasteiger charge is 2.16. The van der Waals surface area contributed by atoms with E-state index < -0.39 is 0 Å². The Morgan fingerprint density at radius 2 is 1.92 bits per heavy atom. The molecule has 0 amide bonds. The zero-order valence-corrected chi connectivity index (χ0v) is 14.7. The quantitative estimate of drug-likeness (QED) is 0.579. The number of aromatic nitrogens is 3. The largest absolute Gasteiger partial charge is 0.493 e. The highest BCUT2D eigenvalue weighted by molar-refractivity contribution is 5.99. The van der Waals surface area contributed by atoms with Gasteiger partial charge in [-0.05, 0) is 30.7 Å². The second-order valence-electron chi connectivity index (χ2n) is 6.08. The van der Waals surface area contributed by atoms with Gasteiger partial charge in [-0.1, -0.05) is 6.92 Å². The predicted octanol–water partition coefficient (Wildman–Crippen LogP) is 4.61. The van der Waals surface area contributed by atoms with Crippen LogP contribution in [-0.4, -0.2) is 28.8 Å². The molecule has 0 aliphatic heterocycles. The lowest BCUT2D eigenvalue weighted by Gasteiger charge is -2.09. The maximum atomic E-state index is 5.51. The molecule has 4 rings (SSSR count). The van der Waals surface area contributed by atoms with Crippen molar-refractivity contribution in [3.8, 4) is 22.8 Å². The van der Waals surface area contributed by atoms with Crippen LogP contribution in [0.15, 0.2) is 42.7 Å². The number of pyridine rings is 1. The van der Waals surface area contributed by atoms with Crippen LogP contribution in [0, 0.1) is 0 Å². The molecular formula is C20H21N3O2. The zero-order chi connectivity index (χ0) is 17.4. The van der Waals surface area contributed by atoms with Crippen molar-refractivity contribution in [2.45, 2.75) is 19.9 Å². The summed E-state index contributed by atoms with van der Waals surface area (Å²) in [5.41, 5.74) is 4.23. The van der Waals surface area contributed by atoms with Crippen LogP contribution in [0.25, 0.3) is 33.2 Å². The number of nitrogens with one attached hydrogen (secondary N) is 1. The van der Waals surface area contributed by atoms with Gasteiger partial charge in [0.2, 0.25) is 0 Å². The Bertz CT molecular complexity index is 1010. The Labute approximate surface area is 146 Å². The third-order valence-electron chi connectivity index (χ3n) is 4.53. The van der Waals surface area contributed by atoms with Gasteiger partial charge in [0.15, 0.2) is 11.5 Å². The number of hydrogen-bond acceptors (Lipinski definition) is 3. The normalized spacial score (nSPS) is 11.3. The van der Waals surface area contributed by atoms with Gasteiger partial charge in [0.05, 0.1) is 19.7 Å². The average Bonchev–Trinajstić information content (AvgIpc) is 3.22. The van der Waals surface area contributed by atoms with E-state index in [1.165, 1.54) is 0 Å². The number of H-pyrrole nitrogens is 1. The van der Waals surface area contributed by atoms with Crippen molar-refractivity contribution in [1.29, 1.82) is 0 Å². The van der Waals surface area contributed by atoms with Crippen molar-refractivity contribution >= 4 is 21.9 Å². The van der Waals surface area contributed by atoms with E-state index in [9.17, 15) is 0 Å². The number of rotatable bonds is 5. The lowest BCUT2D eigenvalue weighted by Crippen LogP contribution is -1.95. The van der Waals surface area contributed by atoms with Crippen LogP contribution in [0.4, 0.5) is 0 Å². The summed E-state index contributed by atoms with van der Waals surface area (Å²) in [6, 6.07) is 10.3. The van der Waals surface area contributed by atoms with Gasteiger partial charge in [0.25, 0.3) is 0 Å². The molecule has 3 heterocycles. The third-order valence-corrected chi connectivity index (χ3v) is 4.53. The molecule has 1 aromatic carbocycles. The van der Waals surface area contributed by atoms with Crippen molar-refractivity contribution in [3.05, 3.63) is 42.7 Å². The van der Waals surface area contributed by atoms with Crippen LogP contribution in [0.5, 0.6) is 11.5 Å². The number of benzene rings is 1. The van der Waals surface area contributed by atoms with Crippen LogP contribution >= 0.6 is 0 Å². The summed E-state index contributed by atoms with van der Waals surface area (Å²) in [4.78, 5) is 7.83. The van der Waals surface area contributed by atoms with Crippen LogP contribution in [-0.2, 0) is 6.54 Å². The molecule has 4 aromatic rings. The number of aromatic amines is 1. The molecule has 0 spiro atoms. The molecule has 0 fully saturated rings. The molecule has 1 N–H and O–H groups in total. The highest BCUT2D eigenvalue weighted by Crippen LogP contribution is 2.38. The van der Waals surface area contributed by atoms with E-state index in [-0.39, 0.29) is 0 Å². The second-order valence-corrected chi connectivity index (χ2v) is 6.08. The summed E-state index contributed by atoms with van der Waals surface area (Å²) in [7, 11) is 3.33. The standard InChI is InChI=1S/C20H21N3O2/c1-4-8-23-12-15(16-9-13-6-5-7-21-20(13)22-16)14-10-18(24-2)19(25-3)11-17(14)23/h5-7,9-12H,4,8H2,1-3H3,(H,21,22). The maximum Gasteiger partial charge on any atom is 0.162 e. The maximum absolute atomic E-state index is 5.51. The number of hydrogen-bond donors (Lipinski definition) is 1. The predicted molar refractivity (Wildman–Crippen MR) is 100 cm³/mol. The van der Waals surface area contributed by atoms with Crippen LogP contribution in [0.3, 0.4) is 0 Å². The van der Waals surface area contributed by atoms with Crippen LogP contribution in [0.2, 0.25) is 0 Å². The van der Waals surface area contributed by atoms with Crippen molar-refractivity contribution in [2.24, 2.45) is 0 Å². The van der Waals surface area contributed by atoms with Crippen molar-refractivity contribution in [2.75, 3.05) is 14.2 Å². The SMILES string of the molecule is CCCn1cc(-c2cc3cccnc3[nH]2)c2cc(OC)c(OC)cc21. The third kappa shape index (κ3) is 2.52. The number of nitrogens with zero attached hydrogens (tertiary/aromatic N) is 2. The first-order valence-corrected chi connectivity index (χ1v) is 8.44. The highest BCUT2D eigenvalue weighted by atomic mass is 16.5. The first-order chi connectivity index (χ1) is 12.2. The van der Waals surface area contributed by atoms with Gasteiger partial charge in [-0.15, -0.1) is 0 Å². The van der Waals surface area contributed by atoms with E-state index in [2.05, 4.69) is 45.9 Å². The fourth-order valence-corrected chi connectivity index (χ4v) is 3.36. The zero-order valence-electron chi connectivity index (χ0n) is 14.7. The fraction of sp³-hybridized carbons (Fsp3) is 0.250. The fourth-order valence-electron chi connectivity index (χ4n) is 3.36. The first-order valence-electron chi connectivity index (χ1n) is 8.44. The Morgan fingerprint density at radius 3 is 2.64 bits per heavy atom. The molecule has 3 aromatic heterocycles. The van der Waals surface area contributed by atoms with E-state index in [1.807, 2.05) is 12.1 Å². The Morgan fingerprint density at radius 1 is 1.12 bits per heavy atom. The molecule has 5 nitrogen and oxygen atoms in total. The summed E-state index contributed by atoms with van der Waals surface area (Å²) in [5, 5.41) is 2.24. The van der Waals surface area contributed by atoms with Gasteiger partial charge in [-0.25, -0.2) is 4.98 Å². The Hall–Kier alpha value is -2.95. The van der Waals surface area contributed by atoms with Gasteiger partial charge in [0.1, 0.15) is 5.65 Å². The van der Waals surface area contributed by atoms with Gasteiger partial charge in [-0.3, -0.25) is 0 Å².